The molecule has 6 heteroatoms. The Kier molecular flexibility index (Phi) is 5.70. The lowest BCUT2D eigenvalue weighted by molar-refractivity contribution is -0.117. The summed E-state index contributed by atoms with van der Waals surface area (Å²) in [5.41, 5.74) is 5.89. The van der Waals surface area contributed by atoms with Crippen LogP contribution in [0.15, 0.2) is 53.5 Å². The Morgan fingerprint density at radius 2 is 1.94 bits per heavy atom. The zero-order valence-corrected chi connectivity index (χ0v) is 19.4. The van der Waals surface area contributed by atoms with E-state index in [0.717, 1.165) is 53.1 Å². The molecule has 0 saturated carbocycles. The lowest BCUT2D eigenvalue weighted by Crippen LogP contribution is -2.36. The Hall–Kier alpha value is -2.76. The van der Waals surface area contributed by atoms with Crippen LogP contribution in [0, 0.1) is 6.92 Å². The first-order valence-corrected chi connectivity index (χ1v) is 12.1. The molecular formula is C26H23ClN2O2S. The van der Waals surface area contributed by atoms with Crippen molar-refractivity contribution in [3.8, 4) is 0 Å². The summed E-state index contributed by atoms with van der Waals surface area (Å²) in [6.07, 6.45) is 4.28. The molecule has 5 rings (SSSR count). The molecule has 2 aliphatic rings. The van der Waals surface area contributed by atoms with Gasteiger partial charge in [-0.25, -0.2) is 0 Å². The van der Waals surface area contributed by atoms with Crippen LogP contribution in [0.1, 0.15) is 50.3 Å². The van der Waals surface area contributed by atoms with Gasteiger partial charge in [-0.15, -0.1) is 11.3 Å². The molecular weight excluding hydrogens is 440 g/mol. The van der Waals surface area contributed by atoms with Crippen molar-refractivity contribution in [2.45, 2.75) is 32.6 Å². The summed E-state index contributed by atoms with van der Waals surface area (Å²) >= 11 is 7.74. The number of aliphatic imine (C=N–C) groups is 1. The fraction of sp³-hybridized carbons (Fsp3) is 0.269. The van der Waals surface area contributed by atoms with Gasteiger partial charge in [-0.3, -0.25) is 19.5 Å². The number of fused-ring (bicyclic) bond motifs is 3. The normalized spacial score (nSPS) is 15.6. The minimum Gasteiger partial charge on any atom is -0.294 e. The average molecular weight is 463 g/mol. The number of aryl methyl sites for hydroxylation is 2. The van der Waals surface area contributed by atoms with Crippen molar-refractivity contribution in [3.05, 3.63) is 86.2 Å². The number of nitrogens with zero attached hydrogens (tertiary/aromatic N) is 2. The topological polar surface area (TPSA) is 49.7 Å². The standard InChI is InChI=1S/C26H23ClN2O2S/c1-16-6-4-8-18(12-16)25-24-20-10-2-3-11-22(20)32-26(24)29(23(31)14-28-25)15-21(30)17-7-5-9-19(27)13-17/h4-9,12-13H,2-3,10-11,14-15H2,1H3. The molecule has 162 valence electrons. The number of hydrogen-bond acceptors (Lipinski definition) is 4. The summed E-state index contributed by atoms with van der Waals surface area (Å²) in [6.45, 7) is 2.08. The van der Waals surface area contributed by atoms with Crippen LogP contribution < -0.4 is 4.90 Å². The van der Waals surface area contributed by atoms with E-state index in [-0.39, 0.29) is 24.8 Å². The molecule has 1 aliphatic carbocycles. The second-order valence-electron chi connectivity index (χ2n) is 8.34. The van der Waals surface area contributed by atoms with Gasteiger partial charge >= 0.3 is 0 Å². The average Bonchev–Trinajstić information content (AvgIpc) is 3.10. The van der Waals surface area contributed by atoms with E-state index in [1.807, 2.05) is 6.07 Å². The van der Waals surface area contributed by atoms with Crippen LogP contribution in [-0.4, -0.2) is 30.5 Å². The first-order chi connectivity index (χ1) is 15.5. The largest absolute Gasteiger partial charge is 0.294 e. The second kappa shape index (κ2) is 8.64. The first-order valence-electron chi connectivity index (χ1n) is 10.9. The number of carbonyl (C=O) groups excluding carboxylic acids is 2. The predicted molar refractivity (Wildman–Crippen MR) is 131 cm³/mol. The van der Waals surface area contributed by atoms with Gasteiger partial charge in [-0.05, 0) is 56.4 Å². The van der Waals surface area contributed by atoms with Gasteiger partial charge in [-0.1, -0.05) is 47.5 Å². The molecule has 32 heavy (non-hydrogen) atoms. The van der Waals surface area contributed by atoms with Crippen molar-refractivity contribution in [2.24, 2.45) is 4.99 Å². The Bertz CT molecular complexity index is 1260. The van der Waals surface area contributed by atoms with Gasteiger partial charge in [0, 0.05) is 26.6 Å². The molecule has 0 N–H and O–H groups in total. The number of carbonyl (C=O) groups is 2. The summed E-state index contributed by atoms with van der Waals surface area (Å²) in [4.78, 5) is 34.0. The SMILES string of the molecule is Cc1cccc(C2=NCC(=O)N(CC(=O)c3cccc(Cl)c3)c3sc4c(c32)CCCC4)c1. The fourth-order valence-electron chi connectivity index (χ4n) is 4.49. The van der Waals surface area contributed by atoms with E-state index in [4.69, 9.17) is 16.6 Å². The maximum Gasteiger partial charge on any atom is 0.249 e. The molecule has 2 aromatic carbocycles. The Labute approximate surface area is 196 Å². The molecule has 1 aliphatic heterocycles. The Morgan fingerprint density at radius 1 is 1.12 bits per heavy atom. The molecule has 1 amide bonds. The summed E-state index contributed by atoms with van der Waals surface area (Å²) in [7, 11) is 0. The highest BCUT2D eigenvalue weighted by atomic mass is 35.5. The van der Waals surface area contributed by atoms with Gasteiger partial charge in [0.1, 0.15) is 11.5 Å². The van der Waals surface area contributed by atoms with Gasteiger partial charge in [0.25, 0.3) is 0 Å². The molecule has 1 aromatic heterocycles. The monoisotopic (exact) mass is 462 g/mol. The van der Waals surface area contributed by atoms with Crippen molar-refractivity contribution in [3.63, 3.8) is 0 Å². The number of thiophene rings is 1. The van der Waals surface area contributed by atoms with Crippen molar-refractivity contribution in [1.29, 1.82) is 0 Å². The zero-order chi connectivity index (χ0) is 22.2. The van der Waals surface area contributed by atoms with Crippen LogP contribution in [0.2, 0.25) is 5.02 Å². The highest BCUT2D eigenvalue weighted by molar-refractivity contribution is 7.17. The number of rotatable bonds is 4. The van der Waals surface area contributed by atoms with Crippen LogP contribution in [0.25, 0.3) is 0 Å². The number of benzene rings is 2. The molecule has 3 aromatic rings. The number of ketones is 1. The molecule has 0 radical (unpaired) electrons. The Morgan fingerprint density at radius 3 is 2.75 bits per heavy atom. The number of anilines is 1. The number of halogens is 1. The smallest absolute Gasteiger partial charge is 0.249 e. The minimum absolute atomic E-state index is 0.0117. The third-order valence-electron chi connectivity index (χ3n) is 6.05. The van der Waals surface area contributed by atoms with Gasteiger partial charge in [-0.2, -0.15) is 0 Å². The zero-order valence-electron chi connectivity index (χ0n) is 17.9. The van der Waals surface area contributed by atoms with Crippen LogP contribution >= 0.6 is 22.9 Å². The van der Waals surface area contributed by atoms with Gasteiger partial charge < -0.3 is 0 Å². The van der Waals surface area contributed by atoms with E-state index in [1.165, 1.54) is 10.4 Å². The molecule has 0 bridgehead atoms. The third kappa shape index (κ3) is 3.91. The van der Waals surface area contributed by atoms with Gasteiger partial charge in [0.15, 0.2) is 5.78 Å². The Balaban J connectivity index is 1.61. The second-order valence-corrected chi connectivity index (χ2v) is 9.86. The highest BCUT2D eigenvalue weighted by Crippen LogP contribution is 2.42. The van der Waals surface area contributed by atoms with E-state index < -0.39 is 0 Å². The van der Waals surface area contributed by atoms with E-state index >= 15 is 0 Å². The van der Waals surface area contributed by atoms with Gasteiger partial charge in [0.05, 0.1) is 12.3 Å². The molecule has 4 nitrogen and oxygen atoms in total. The van der Waals surface area contributed by atoms with E-state index in [0.29, 0.717) is 10.6 Å². The first kappa shape index (κ1) is 21.1. The van der Waals surface area contributed by atoms with E-state index in [9.17, 15) is 9.59 Å². The summed E-state index contributed by atoms with van der Waals surface area (Å²) < 4.78 is 0. The summed E-state index contributed by atoms with van der Waals surface area (Å²) in [5.74, 6) is -0.278. The quantitative estimate of drug-likeness (QED) is 0.470. The lowest BCUT2D eigenvalue weighted by atomic mass is 9.91. The van der Waals surface area contributed by atoms with Crippen molar-refractivity contribution in [2.75, 3.05) is 18.0 Å². The van der Waals surface area contributed by atoms with Crippen molar-refractivity contribution >= 4 is 45.3 Å². The molecule has 0 saturated heterocycles. The fourth-order valence-corrected chi connectivity index (χ4v) is 6.09. The minimum atomic E-state index is -0.150. The number of hydrogen-bond donors (Lipinski definition) is 0. The van der Waals surface area contributed by atoms with Crippen LogP contribution in [-0.2, 0) is 17.6 Å². The van der Waals surface area contributed by atoms with E-state index in [1.54, 1.807) is 40.5 Å². The maximum absolute atomic E-state index is 13.2. The number of amides is 1. The predicted octanol–water partition coefficient (Wildman–Crippen LogP) is 5.66. The van der Waals surface area contributed by atoms with Gasteiger partial charge in [0.2, 0.25) is 5.91 Å². The van der Waals surface area contributed by atoms with Crippen molar-refractivity contribution in [1.82, 2.24) is 0 Å². The molecule has 0 atom stereocenters. The number of Topliss-reactive ketones (excluding diaryl/α,β-unsaturated/α-hetero) is 1. The molecule has 2 heterocycles. The summed E-state index contributed by atoms with van der Waals surface area (Å²) in [6, 6.07) is 15.2. The highest BCUT2D eigenvalue weighted by Gasteiger charge is 2.33. The third-order valence-corrected chi connectivity index (χ3v) is 7.60. The molecule has 0 unspecified atom stereocenters. The van der Waals surface area contributed by atoms with Crippen LogP contribution in [0.4, 0.5) is 5.00 Å². The van der Waals surface area contributed by atoms with E-state index in [2.05, 4.69) is 25.1 Å². The van der Waals surface area contributed by atoms with Crippen LogP contribution in [0.3, 0.4) is 0 Å². The van der Waals surface area contributed by atoms with Crippen LogP contribution in [0.5, 0.6) is 0 Å². The summed E-state index contributed by atoms with van der Waals surface area (Å²) in [5, 5.41) is 1.37. The lowest BCUT2D eigenvalue weighted by Gasteiger charge is -2.20. The molecule has 0 spiro atoms. The molecule has 0 fully saturated rings. The van der Waals surface area contributed by atoms with Crippen molar-refractivity contribution < 1.29 is 9.59 Å². The maximum atomic E-state index is 13.2.